The standard InChI is InChI=1S/C21H29N5O2S/c1-21(2,3)22-17(27)13-25(4)18(28)14-29-20-24-23-19(16-10-11-16)26(20)12-15-8-6-5-7-9-15/h5-9,16H,10-14H2,1-4H3,(H,22,27). The summed E-state index contributed by atoms with van der Waals surface area (Å²) in [6.45, 7) is 6.49. The Labute approximate surface area is 176 Å². The Bertz CT molecular complexity index is 856. The van der Waals surface area contributed by atoms with Crippen molar-refractivity contribution in [1.82, 2.24) is 25.0 Å². The summed E-state index contributed by atoms with van der Waals surface area (Å²) in [7, 11) is 1.65. The molecule has 1 N–H and O–H groups in total. The van der Waals surface area contributed by atoms with Gasteiger partial charge in [0.1, 0.15) is 5.82 Å². The summed E-state index contributed by atoms with van der Waals surface area (Å²) >= 11 is 1.38. The van der Waals surface area contributed by atoms with E-state index < -0.39 is 0 Å². The maximum atomic E-state index is 12.5. The number of carbonyl (C=O) groups is 2. The molecule has 0 spiro atoms. The van der Waals surface area contributed by atoms with Crippen LogP contribution in [0.3, 0.4) is 0 Å². The zero-order valence-corrected chi connectivity index (χ0v) is 18.3. The summed E-state index contributed by atoms with van der Waals surface area (Å²) in [6, 6.07) is 10.2. The van der Waals surface area contributed by atoms with Gasteiger partial charge < -0.3 is 14.8 Å². The van der Waals surface area contributed by atoms with Crippen molar-refractivity contribution >= 4 is 23.6 Å². The molecule has 0 saturated heterocycles. The molecule has 0 unspecified atom stereocenters. The summed E-state index contributed by atoms with van der Waals surface area (Å²) in [6.07, 6.45) is 2.28. The number of benzene rings is 1. The molecule has 1 aromatic heterocycles. The van der Waals surface area contributed by atoms with E-state index in [1.54, 1.807) is 7.05 Å². The molecular weight excluding hydrogens is 386 g/mol. The van der Waals surface area contributed by atoms with Crippen molar-refractivity contribution < 1.29 is 9.59 Å². The van der Waals surface area contributed by atoms with Crippen molar-refractivity contribution in [1.29, 1.82) is 0 Å². The fraction of sp³-hybridized carbons (Fsp3) is 0.524. The molecular formula is C21H29N5O2S. The third-order valence-electron chi connectivity index (χ3n) is 4.52. The third kappa shape index (κ3) is 6.32. The highest BCUT2D eigenvalue weighted by Crippen LogP contribution is 2.40. The van der Waals surface area contributed by atoms with Crippen LogP contribution in [0.2, 0.25) is 0 Å². The van der Waals surface area contributed by atoms with E-state index in [1.165, 1.54) is 22.2 Å². The van der Waals surface area contributed by atoms with Gasteiger partial charge in [-0.2, -0.15) is 0 Å². The van der Waals surface area contributed by atoms with E-state index in [1.807, 2.05) is 39.0 Å². The van der Waals surface area contributed by atoms with Crippen molar-refractivity contribution in [3.05, 3.63) is 41.7 Å². The Morgan fingerprint density at radius 1 is 1.21 bits per heavy atom. The van der Waals surface area contributed by atoms with E-state index in [4.69, 9.17) is 0 Å². The number of hydrogen-bond donors (Lipinski definition) is 1. The number of carbonyl (C=O) groups excluding carboxylic acids is 2. The lowest BCUT2D eigenvalue weighted by atomic mass is 10.1. The highest BCUT2D eigenvalue weighted by atomic mass is 32.2. The second kappa shape index (κ2) is 8.98. The highest BCUT2D eigenvalue weighted by molar-refractivity contribution is 7.99. The van der Waals surface area contributed by atoms with Gasteiger partial charge >= 0.3 is 0 Å². The van der Waals surface area contributed by atoms with Gasteiger partial charge in [-0.1, -0.05) is 42.1 Å². The Morgan fingerprint density at radius 3 is 2.52 bits per heavy atom. The van der Waals surface area contributed by atoms with Crippen LogP contribution in [0.1, 0.15) is 50.9 Å². The van der Waals surface area contributed by atoms with Gasteiger partial charge in [0.25, 0.3) is 0 Å². The molecule has 1 fully saturated rings. The lowest BCUT2D eigenvalue weighted by Gasteiger charge is -2.23. The lowest BCUT2D eigenvalue weighted by molar-refractivity contribution is -0.133. The fourth-order valence-corrected chi connectivity index (χ4v) is 3.85. The number of nitrogens with one attached hydrogen (secondary N) is 1. The van der Waals surface area contributed by atoms with Crippen molar-refractivity contribution in [3.63, 3.8) is 0 Å². The summed E-state index contributed by atoms with van der Waals surface area (Å²) in [5.41, 5.74) is 0.862. The first kappa shape index (κ1) is 21.4. The number of likely N-dealkylation sites (N-methyl/N-ethyl adjacent to an activating group) is 1. The molecule has 7 nitrogen and oxygen atoms in total. The van der Waals surface area contributed by atoms with Gasteiger partial charge in [0.15, 0.2) is 5.16 Å². The van der Waals surface area contributed by atoms with Crippen LogP contribution in [-0.2, 0) is 16.1 Å². The molecule has 1 heterocycles. The molecule has 1 aromatic carbocycles. The molecule has 0 aliphatic heterocycles. The minimum absolute atomic E-state index is 0.0424. The minimum Gasteiger partial charge on any atom is -0.350 e. The van der Waals surface area contributed by atoms with Crippen LogP contribution in [0.5, 0.6) is 0 Å². The summed E-state index contributed by atoms with van der Waals surface area (Å²) in [5.74, 6) is 1.42. The van der Waals surface area contributed by atoms with Crippen LogP contribution in [0, 0.1) is 0 Å². The van der Waals surface area contributed by atoms with E-state index in [0.29, 0.717) is 12.5 Å². The Morgan fingerprint density at radius 2 is 1.90 bits per heavy atom. The summed E-state index contributed by atoms with van der Waals surface area (Å²) < 4.78 is 2.12. The van der Waals surface area contributed by atoms with Crippen LogP contribution < -0.4 is 5.32 Å². The average Bonchev–Trinajstić information content (AvgIpc) is 3.41. The van der Waals surface area contributed by atoms with Crippen molar-refractivity contribution in [2.24, 2.45) is 0 Å². The molecule has 156 valence electrons. The predicted octanol–water partition coefficient (Wildman–Crippen LogP) is 2.67. The fourth-order valence-electron chi connectivity index (χ4n) is 2.96. The van der Waals surface area contributed by atoms with Crippen LogP contribution >= 0.6 is 11.8 Å². The van der Waals surface area contributed by atoms with Crippen molar-refractivity contribution in [2.45, 2.75) is 56.8 Å². The zero-order chi connectivity index (χ0) is 21.0. The van der Waals surface area contributed by atoms with Gasteiger partial charge in [-0.3, -0.25) is 9.59 Å². The smallest absolute Gasteiger partial charge is 0.240 e. The van der Waals surface area contributed by atoms with Crippen LogP contribution in [0.4, 0.5) is 0 Å². The number of aromatic nitrogens is 3. The predicted molar refractivity (Wildman–Crippen MR) is 114 cm³/mol. The van der Waals surface area contributed by atoms with Crippen LogP contribution in [0.25, 0.3) is 0 Å². The highest BCUT2D eigenvalue weighted by Gasteiger charge is 2.30. The maximum absolute atomic E-state index is 12.5. The molecule has 8 heteroatoms. The quantitative estimate of drug-likeness (QED) is 0.671. The van der Waals surface area contributed by atoms with Crippen molar-refractivity contribution in [3.8, 4) is 0 Å². The van der Waals surface area contributed by atoms with E-state index in [-0.39, 0.29) is 29.7 Å². The molecule has 1 aliphatic rings. The molecule has 0 atom stereocenters. The molecule has 3 rings (SSSR count). The first-order valence-electron chi connectivity index (χ1n) is 9.88. The van der Waals surface area contributed by atoms with Crippen LogP contribution in [0.15, 0.2) is 35.5 Å². The molecule has 2 amide bonds. The second-order valence-corrected chi connectivity index (χ2v) is 9.47. The first-order valence-corrected chi connectivity index (χ1v) is 10.9. The largest absolute Gasteiger partial charge is 0.350 e. The van der Waals surface area contributed by atoms with Gasteiger partial charge in [-0.25, -0.2) is 0 Å². The van der Waals surface area contributed by atoms with E-state index in [0.717, 1.165) is 23.8 Å². The zero-order valence-electron chi connectivity index (χ0n) is 17.5. The van der Waals surface area contributed by atoms with Crippen molar-refractivity contribution in [2.75, 3.05) is 19.3 Å². The van der Waals surface area contributed by atoms with Crippen LogP contribution in [-0.4, -0.2) is 56.4 Å². The topological polar surface area (TPSA) is 80.1 Å². The third-order valence-corrected chi connectivity index (χ3v) is 5.47. The second-order valence-electron chi connectivity index (χ2n) is 8.52. The van der Waals surface area contributed by atoms with Gasteiger partial charge in [0, 0.05) is 18.5 Å². The van der Waals surface area contributed by atoms with E-state index >= 15 is 0 Å². The molecule has 1 aliphatic carbocycles. The molecule has 29 heavy (non-hydrogen) atoms. The SMILES string of the molecule is CN(CC(=O)NC(C)(C)C)C(=O)CSc1nnc(C2CC2)n1Cc1ccccc1. The average molecular weight is 416 g/mol. The maximum Gasteiger partial charge on any atom is 0.240 e. The molecule has 2 aromatic rings. The lowest BCUT2D eigenvalue weighted by Crippen LogP contribution is -2.46. The number of amides is 2. The minimum atomic E-state index is -0.317. The van der Waals surface area contributed by atoms with E-state index in [9.17, 15) is 9.59 Å². The van der Waals surface area contributed by atoms with E-state index in [2.05, 4.69) is 32.2 Å². The first-order chi connectivity index (χ1) is 13.7. The molecule has 0 radical (unpaired) electrons. The number of nitrogens with zero attached hydrogens (tertiary/aromatic N) is 4. The Balaban J connectivity index is 1.61. The number of rotatable bonds is 8. The summed E-state index contributed by atoms with van der Waals surface area (Å²) in [5, 5.41) is 12.3. The Kier molecular flexibility index (Phi) is 6.62. The number of hydrogen-bond acceptors (Lipinski definition) is 5. The monoisotopic (exact) mass is 415 g/mol. The molecule has 1 saturated carbocycles. The van der Waals surface area contributed by atoms with Gasteiger partial charge in [-0.05, 0) is 39.2 Å². The van der Waals surface area contributed by atoms with Gasteiger partial charge in [0.2, 0.25) is 11.8 Å². The molecule has 0 bridgehead atoms. The number of thioether (sulfide) groups is 1. The Hall–Kier alpha value is -2.35. The van der Waals surface area contributed by atoms with Gasteiger partial charge in [-0.15, -0.1) is 10.2 Å². The normalized spacial score (nSPS) is 13.9. The summed E-state index contributed by atoms with van der Waals surface area (Å²) in [4.78, 5) is 26.0. The van der Waals surface area contributed by atoms with Gasteiger partial charge in [0.05, 0.1) is 18.8 Å².